The van der Waals surface area contributed by atoms with Gasteiger partial charge in [0.15, 0.2) is 0 Å². The number of amides is 1. The Morgan fingerprint density at radius 2 is 1.62 bits per heavy atom. The van der Waals surface area contributed by atoms with E-state index >= 15 is 0 Å². The summed E-state index contributed by atoms with van der Waals surface area (Å²) in [6, 6.07) is 21.2. The molecule has 0 aliphatic heterocycles. The van der Waals surface area contributed by atoms with Gasteiger partial charge in [-0.15, -0.1) is 0 Å². The Hall–Kier alpha value is -2.38. The molecule has 0 saturated carbocycles. The highest BCUT2D eigenvalue weighted by molar-refractivity contribution is 7.89. The van der Waals surface area contributed by atoms with Gasteiger partial charge >= 0.3 is 0 Å². The standard InChI is InChI=1S/C24H24Cl2N2O3S/c1-2-18-8-11-21(12-9-18)27-24(29)17-28(15-14-19-6-4-3-5-7-19)32(30,31)23-16-20(25)10-13-22(23)26/h3-13,16H,2,14-15,17H2,1H3,(H,27,29). The van der Waals surface area contributed by atoms with Gasteiger partial charge in [-0.3, -0.25) is 4.79 Å². The zero-order valence-corrected chi connectivity index (χ0v) is 19.9. The maximum atomic E-state index is 13.4. The van der Waals surface area contributed by atoms with Gasteiger partial charge in [-0.05, 0) is 54.3 Å². The van der Waals surface area contributed by atoms with Crippen molar-refractivity contribution in [2.45, 2.75) is 24.7 Å². The molecule has 1 N–H and O–H groups in total. The van der Waals surface area contributed by atoms with Crippen molar-refractivity contribution in [3.05, 3.63) is 94.0 Å². The van der Waals surface area contributed by atoms with E-state index in [0.717, 1.165) is 21.9 Å². The van der Waals surface area contributed by atoms with Crippen molar-refractivity contribution < 1.29 is 13.2 Å². The summed E-state index contributed by atoms with van der Waals surface area (Å²) < 4.78 is 27.9. The molecule has 0 aliphatic carbocycles. The molecular weight excluding hydrogens is 467 g/mol. The lowest BCUT2D eigenvalue weighted by Gasteiger charge is -2.22. The van der Waals surface area contributed by atoms with E-state index in [1.165, 1.54) is 18.2 Å². The number of sulfonamides is 1. The third-order valence-corrected chi connectivity index (χ3v) is 7.53. The van der Waals surface area contributed by atoms with Crippen LogP contribution in [0.1, 0.15) is 18.1 Å². The van der Waals surface area contributed by atoms with Gasteiger partial charge in [-0.25, -0.2) is 8.42 Å². The van der Waals surface area contributed by atoms with Crippen LogP contribution in [0.4, 0.5) is 5.69 Å². The van der Waals surface area contributed by atoms with Crippen LogP contribution in [0.2, 0.25) is 10.0 Å². The van der Waals surface area contributed by atoms with Crippen LogP contribution in [0.5, 0.6) is 0 Å². The predicted molar refractivity (Wildman–Crippen MR) is 130 cm³/mol. The van der Waals surface area contributed by atoms with Crippen LogP contribution in [0.15, 0.2) is 77.7 Å². The van der Waals surface area contributed by atoms with Gasteiger partial charge in [0.05, 0.1) is 11.6 Å². The highest BCUT2D eigenvalue weighted by atomic mass is 35.5. The monoisotopic (exact) mass is 490 g/mol. The van der Waals surface area contributed by atoms with Crippen LogP contribution in [0.25, 0.3) is 0 Å². The first-order valence-electron chi connectivity index (χ1n) is 10.2. The summed E-state index contributed by atoms with van der Waals surface area (Å²) in [4.78, 5) is 12.6. The molecule has 0 fully saturated rings. The zero-order chi connectivity index (χ0) is 23.1. The highest BCUT2D eigenvalue weighted by Crippen LogP contribution is 2.28. The van der Waals surface area contributed by atoms with Gasteiger partial charge in [-0.1, -0.05) is 72.6 Å². The van der Waals surface area contributed by atoms with Crippen LogP contribution in [0.3, 0.4) is 0 Å². The van der Waals surface area contributed by atoms with Crippen LogP contribution in [0, 0.1) is 0 Å². The van der Waals surface area contributed by atoms with Crippen molar-refractivity contribution in [1.82, 2.24) is 4.31 Å². The molecule has 0 saturated heterocycles. The fourth-order valence-electron chi connectivity index (χ4n) is 3.18. The highest BCUT2D eigenvalue weighted by Gasteiger charge is 2.29. The van der Waals surface area contributed by atoms with Crippen molar-refractivity contribution in [1.29, 1.82) is 0 Å². The second-order valence-corrected chi connectivity index (χ2v) is 10.00. The first-order valence-corrected chi connectivity index (χ1v) is 12.4. The summed E-state index contributed by atoms with van der Waals surface area (Å²) in [6.07, 6.45) is 1.33. The maximum absolute atomic E-state index is 13.4. The molecule has 0 aromatic heterocycles. The van der Waals surface area contributed by atoms with Gasteiger partial charge in [0.1, 0.15) is 4.90 Å². The molecule has 3 aromatic carbocycles. The summed E-state index contributed by atoms with van der Waals surface area (Å²) >= 11 is 12.2. The van der Waals surface area contributed by atoms with E-state index in [0.29, 0.717) is 12.1 Å². The summed E-state index contributed by atoms with van der Waals surface area (Å²) in [6.45, 7) is 1.80. The van der Waals surface area contributed by atoms with Gasteiger partial charge < -0.3 is 5.32 Å². The number of nitrogens with zero attached hydrogens (tertiary/aromatic N) is 1. The number of aryl methyl sites for hydroxylation is 1. The quantitative estimate of drug-likeness (QED) is 0.434. The van der Waals surface area contributed by atoms with E-state index in [9.17, 15) is 13.2 Å². The molecule has 168 valence electrons. The SMILES string of the molecule is CCc1ccc(NC(=O)CN(CCc2ccccc2)S(=O)(=O)c2cc(Cl)ccc2Cl)cc1. The predicted octanol–water partition coefficient (Wildman–Crippen LogP) is 5.43. The number of anilines is 1. The fraction of sp³-hybridized carbons (Fsp3) is 0.208. The third kappa shape index (κ3) is 6.33. The lowest BCUT2D eigenvalue weighted by Crippen LogP contribution is -2.39. The van der Waals surface area contributed by atoms with Gasteiger partial charge in [-0.2, -0.15) is 4.31 Å². The number of hydrogen-bond donors (Lipinski definition) is 1. The molecule has 3 aromatic rings. The normalized spacial score (nSPS) is 11.5. The molecule has 1 amide bonds. The number of carbonyl (C=O) groups excluding carboxylic acids is 1. The summed E-state index contributed by atoms with van der Waals surface area (Å²) in [5.41, 5.74) is 2.71. The molecule has 0 aliphatic rings. The Morgan fingerprint density at radius 3 is 2.28 bits per heavy atom. The zero-order valence-electron chi connectivity index (χ0n) is 17.6. The average molecular weight is 491 g/mol. The lowest BCUT2D eigenvalue weighted by molar-refractivity contribution is -0.116. The smallest absolute Gasteiger partial charge is 0.245 e. The van der Waals surface area contributed by atoms with Gasteiger partial charge in [0, 0.05) is 17.3 Å². The van der Waals surface area contributed by atoms with E-state index < -0.39 is 15.9 Å². The van der Waals surface area contributed by atoms with E-state index in [-0.39, 0.29) is 28.0 Å². The molecule has 0 atom stereocenters. The van der Waals surface area contributed by atoms with Crippen molar-refractivity contribution in [2.24, 2.45) is 0 Å². The van der Waals surface area contributed by atoms with Crippen LogP contribution >= 0.6 is 23.2 Å². The summed E-state index contributed by atoms with van der Waals surface area (Å²) in [5.74, 6) is -0.441. The number of rotatable bonds is 9. The first-order chi connectivity index (χ1) is 15.3. The Balaban J connectivity index is 1.83. The van der Waals surface area contributed by atoms with Crippen molar-refractivity contribution in [2.75, 3.05) is 18.4 Å². The van der Waals surface area contributed by atoms with Gasteiger partial charge in [0.25, 0.3) is 0 Å². The number of nitrogens with one attached hydrogen (secondary N) is 1. The number of halogens is 2. The van der Waals surface area contributed by atoms with Crippen LogP contribution in [-0.2, 0) is 27.7 Å². The number of hydrogen-bond acceptors (Lipinski definition) is 3. The minimum Gasteiger partial charge on any atom is -0.325 e. The molecular formula is C24H24Cl2N2O3S. The second-order valence-electron chi connectivity index (χ2n) is 7.25. The van der Waals surface area contributed by atoms with Crippen molar-refractivity contribution in [3.8, 4) is 0 Å². The minimum absolute atomic E-state index is 0.0506. The van der Waals surface area contributed by atoms with Gasteiger partial charge in [0.2, 0.25) is 15.9 Å². The largest absolute Gasteiger partial charge is 0.325 e. The maximum Gasteiger partial charge on any atom is 0.245 e. The molecule has 5 nitrogen and oxygen atoms in total. The molecule has 0 bridgehead atoms. The lowest BCUT2D eigenvalue weighted by atomic mass is 10.1. The average Bonchev–Trinajstić information content (AvgIpc) is 2.79. The van der Waals surface area contributed by atoms with Crippen LogP contribution < -0.4 is 5.32 Å². The molecule has 32 heavy (non-hydrogen) atoms. The molecule has 0 unspecified atom stereocenters. The molecule has 8 heteroatoms. The Labute approximate surface area is 199 Å². The number of carbonyl (C=O) groups is 1. The Morgan fingerprint density at radius 1 is 0.938 bits per heavy atom. The van der Waals surface area contributed by atoms with E-state index in [4.69, 9.17) is 23.2 Å². The molecule has 0 spiro atoms. The summed E-state index contributed by atoms with van der Waals surface area (Å²) in [7, 11) is -4.07. The molecule has 0 heterocycles. The Kier molecular flexibility index (Phi) is 8.32. The summed E-state index contributed by atoms with van der Waals surface area (Å²) in [5, 5.41) is 3.06. The van der Waals surface area contributed by atoms with Crippen LogP contribution in [-0.4, -0.2) is 31.7 Å². The fourth-order valence-corrected chi connectivity index (χ4v) is 5.32. The Bertz CT molecular complexity index is 1170. The molecule has 0 radical (unpaired) electrons. The van der Waals surface area contributed by atoms with E-state index in [1.807, 2.05) is 49.4 Å². The van der Waals surface area contributed by atoms with E-state index in [2.05, 4.69) is 5.32 Å². The first kappa shape index (κ1) is 24.3. The minimum atomic E-state index is -4.07. The number of benzene rings is 3. The van der Waals surface area contributed by atoms with Crippen molar-refractivity contribution in [3.63, 3.8) is 0 Å². The topological polar surface area (TPSA) is 66.5 Å². The third-order valence-electron chi connectivity index (χ3n) is 4.97. The van der Waals surface area contributed by atoms with Crippen molar-refractivity contribution >= 4 is 44.8 Å². The van der Waals surface area contributed by atoms with E-state index in [1.54, 1.807) is 12.1 Å². The molecule has 3 rings (SSSR count). The second kappa shape index (κ2) is 11.0.